The molecule has 0 radical (unpaired) electrons. The number of amides is 1. The third-order valence-corrected chi connectivity index (χ3v) is 6.97. The molecule has 2 saturated heterocycles. The minimum Gasteiger partial charge on any atom is -0.491 e. The lowest BCUT2D eigenvalue weighted by atomic mass is 9.97. The zero-order valence-electron chi connectivity index (χ0n) is 15.6. The standard InChI is InChI=1S/C19H28N2O4S/c1-15(2)25-17-5-7-18(8-6-17)26(23,24)21-13-9-16(10-14-21)19(22)20-11-3-4-12-20/h5-8,15-16H,3-4,9-14H2,1-2H3. The highest BCUT2D eigenvalue weighted by Gasteiger charge is 2.34. The van der Waals surface area contributed by atoms with Crippen LogP contribution in [-0.4, -0.2) is 55.8 Å². The normalized spacial score (nSPS) is 19.9. The minimum atomic E-state index is -3.52. The van der Waals surface area contributed by atoms with E-state index in [2.05, 4.69) is 0 Å². The molecule has 1 aromatic rings. The molecular formula is C19H28N2O4S. The lowest BCUT2D eigenvalue weighted by Gasteiger charge is -2.32. The van der Waals surface area contributed by atoms with Crippen molar-refractivity contribution in [3.8, 4) is 5.75 Å². The number of benzene rings is 1. The number of hydrogen-bond acceptors (Lipinski definition) is 4. The number of nitrogens with zero attached hydrogens (tertiary/aromatic N) is 2. The summed E-state index contributed by atoms with van der Waals surface area (Å²) < 4.78 is 32.8. The number of likely N-dealkylation sites (tertiary alicyclic amines) is 1. The molecule has 2 heterocycles. The minimum absolute atomic E-state index is 0.0404. The van der Waals surface area contributed by atoms with E-state index in [0.29, 0.717) is 31.7 Å². The molecular weight excluding hydrogens is 352 g/mol. The molecule has 2 aliphatic rings. The van der Waals surface area contributed by atoms with E-state index >= 15 is 0 Å². The van der Waals surface area contributed by atoms with E-state index in [0.717, 1.165) is 25.9 Å². The molecule has 0 N–H and O–H groups in total. The summed E-state index contributed by atoms with van der Waals surface area (Å²) in [5.74, 6) is 0.824. The number of carbonyl (C=O) groups excluding carboxylic acids is 1. The Kier molecular flexibility index (Phi) is 5.87. The van der Waals surface area contributed by atoms with E-state index < -0.39 is 10.0 Å². The lowest BCUT2D eigenvalue weighted by Crippen LogP contribution is -2.43. The molecule has 2 fully saturated rings. The van der Waals surface area contributed by atoms with Gasteiger partial charge in [-0.25, -0.2) is 8.42 Å². The summed E-state index contributed by atoms with van der Waals surface area (Å²) in [4.78, 5) is 14.7. The Hall–Kier alpha value is -1.60. The number of rotatable bonds is 5. The van der Waals surface area contributed by atoms with Gasteiger partial charge < -0.3 is 9.64 Å². The number of hydrogen-bond donors (Lipinski definition) is 0. The molecule has 1 amide bonds. The van der Waals surface area contributed by atoms with Crippen LogP contribution in [0.5, 0.6) is 5.75 Å². The van der Waals surface area contributed by atoms with Crippen LogP contribution in [0.1, 0.15) is 39.5 Å². The van der Waals surface area contributed by atoms with Gasteiger partial charge in [0.1, 0.15) is 5.75 Å². The second-order valence-corrected chi connectivity index (χ2v) is 9.29. The largest absolute Gasteiger partial charge is 0.491 e. The van der Waals surface area contributed by atoms with E-state index in [1.54, 1.807) is 24.3 Å². The number of ether oxygens (including phenoxy) is 1. The molecule has 0 bridgehead atoms. The third-order valence-electron chi connectivity index (χ3n) is 5.05. The van der Waals surface area contributed by atoms with Gasteiger partial charge in [0.15, 0.2) is 0 Å². The highest BCUT2D eigenvalue weighted by atomic mass is 32.2. The Bertz CT molecular complexity index is 716. The molecule has 1 aromatic carbocycles. The van der Waals surface area contributed by atoms with Gasteiger partial charge in [-0.05, 0) is 63.8 Å². The Morgan fingerprint density at radius 2 is 1.62 bits per heavy atom. The number of carbonyl (C=O) groups is 1. The van der Waals surface area contributed by atoms with E-state index in [4.69, 9.17) is 4.74 Å². The highest BCUT2D eigenvalue weighted by Crippen LogP contribution is 2.27. The van der Waals surface area contributed by atoms with Crippen molar-refractivity contribution in [1.29, 1.82) is 0 Å². The SMILES string of the molecule is CC(C)Oc1ccc(S(=O)(=O)N2CCC(C(=O)N3CCCC3)CC2)cc1. The molecule has 26 heavy (non-hydrogen) atoms. The lowest BCUT2D eigenvalue weighted by molar-refractivity contribution is -0.135. The van der Waals surface area contributed by atoms with Crippen molar-refractivity contribution in [3.63, 3.8) is 0 Å². The number of piperidine rings is 1. The van der Waals surface area contributed by atoms with Crippen molar-refractivity contribution in [3.05, 3.63) is 24.3 Å². The van der Waals surface area contributed by atoms with Crippen LogP contribution in [-0.2, 0) is 14.8 Å². The van der Waals surface area contributed by atoms with Crippen molar-refractivity contribution in [2.45, 2.75) is 50.5 Å². The Morgan fingerprint density at radius 3 is 2.15 bits per heavy atom. The molecule has 6 nitrogen and oxygen atoms in total. The van der Waals surface area contributed by atoms with Gasteiger partial charge in [-0.1, -0.05) is 0 Å². The zero-order chi connectivity index (χ0) is 18.7. The monoisotopic (exact) mass is 380 g/mol. The summed E-state index contributed by atoms with van der Waals surface area (Å²) in [6.07, 6.45) is 3.40. The smallest absolute Gasteiger partial charge is 0.243 e. The van der Waals surface area contributed by atoms with Gasteiger partial charge in [-0.2, -0.15) is 4.31 Å². The predicted molar refractivity (Wildman–Crippen MR) is 99.5 cm³/mol. The van der Waals surface area contributed by atoms with Gasteiger partial charge in [0.05, 0.1) is 11.0 Å². The summed E-state index contributed by atoms with van der Waals surface area (Å²) in [7, 11) is -3.52. The third kappa shape index (κ3) is 4.20. The molecule has 0 saturated carbocycles. The van der Waals surface area contributed by atoms with Gasteiger partial charge in [0, 0.05) is 32.1 Å². The van der Waals surface area contributed by atoms with Crippen LogP contribution >= 0.6 is 0 Å². The van der Waals surface area contributed by atoms with E-state index in [-0.39, 0.29) is 22.8 Å². The van der Waals surface area contributed by atoms with Gasteiger partial charge in [-0.15, -0.1) is 0 Å². The fourth-order valence-corrected chi connectivity index (χ4v) is 5.12. The molecule has 2 aliphatic heterocycles. The molecule has 0 aliphatic carbocycles. The molecule has 3 rings (SSSR count). The van der Waals surface area contributed by atoms with Gasteiger partial charge in [-0.3, -0.25) is 4.79 Å². The Morgan fingerprint density at radius 1 is 1.04 bits per heavy atom. The maximum atomic E-state index is 12.8. The summed E-state index contributed by atoms with van der Waals surface area (Å²) in [5, 5.41) is 0. The molecule has 0 spiro atoms. The molecule has 144 valence electrons. The summed E-state index contributed by atoms with van der Waals surface area (Å²) >= 11 is 0. The predicted octanol–water partition coefficient (Wildman–Crippen LogP) is 2.50. The van der Waals surface area contributed by atoms with Crippen LogP contribution in [0.15, 0.2) is 29.2 Å². The van der Waals surface area contributed by atoms with Gasteiger partial charge in [0.2, 0.25) is 15.9 Å². The van der Waals surface area contributed by atoms with Crippen LogP contribution in [0.4, 0.5) is 0 Å². The van der Waals surface area contributed by atoms with Crippen molar-refractivity contribution >= 4 is 15.9 Å². The first kappa shape index (κ1) is 19.2. The molecule has 0 unspecified atom stereocenters. The van der Waals surface area contributed by atoms with Crippen molar-refractivity contribution in [2.75, 3.05) is 26.2 Å². The van der Waals surface area contributed by atoms with Crippen LogP contribution in [0.2, 0.25) is 0 Å². The van der Waals surface area contributed by atoms with Crippen molar-refractivity contribution < 1.29 is 17.9 Å². The second-order valence-electron chi connectivity index (χ2n) is 7.35. The average Bonchev–Trinajstić information content (AvgIpc) is 3.16. The molecule has 0 aromatic heterocycles. The fraction of sp³-hybridized carbons (Fsp3) is 0.632. The first-order chi connectivity index (χ1) is 12.4. The molecule has 7 heteroatoms. The van der Waals surface area contributed by atoms with E-state index in [1.807, 2.05) is 18.7 Å². The van der Waals surface area contributed by atoms with Gasteiger partial charge in [0.25, 0.3) is 0 Å². The van der Waals surface area contributed by atoms with Crippen LogP contribution in [0.25, 0.3) is 0 Å². The summed E-state index contributed by atoms with van der Waals surface area (Å²) in [6.45, 7) is 6.36. The van der Waals surface area contributed by atoms with Crippen LogP contribution in [0, 0.1) is 5.92 Å². The van der Waals surface area contributed by atoms with Crippen molar-refractivity contribution in [1.82, 2.24) is 9.21 Å². The Balaban J connectivity index is 1.61. The topological polar surface area (TPSA) is 66.9 Å². The summed E-state index contributed by atoms with van der Waals surface area (Å²) in [6, 6.07) is 6.57. The maximum absolute atomic E-state index is 12.8. The van der Waals surface area contributed by atoms with Crippen LogP contribution < -0.4 is 4.74 Å². The molecule has 0 atom stereocenters. The maximum Gasteiger partial charge on any atom is 0.243 e. The van der Waals surface area contributed by atoms with E-state index in [9.17, 15) is 13.2 Å². The highest BCUT2D eigenvalue weighted by molar-refractivity contribution is 7.89. The van der Waals surface area contributed by atoms with Gasteiger partial charge >= 0.3 is 0 Å². The first-order valence-electron chi connectivity index (χ1n) is 9.43. The second kappa shape index (κ2) is 7.96. The quantitative estimate of drug-likeness (QED) is 0.787. The average molecular weight is 381 g/mol. The number of sulfonamides is 1. The summed E-state index contributed by atoms with van der Waals surface area (Å²) in [5.41, 5.74) is 0. The Labute approximate surface area is 156 Å². The zero-order valence-corrected chi connectivity index (χ0v) is 16.4. The van der Waals surface area contributed by atoms with Crippen molar-refractivity contribution in [2.24, 2.45) is 5.92 Å². The fourth-order valence-electron chi connectivity index (χ4n) is 3.65. The first-order valence-corrected chi connectivity index (χ1v) is 10.9. The van der Waals surface area contributed by atoms with E-state index in [1.165, 1.54) is 4.31 Å². The van der Waals surface area contributed by atoms with Crippen LogP contribution in [0.3, 0.4) is 0 Å².